The van der Waals surface area contributed by atoms with Crippen molar-refractivity contribution in [2.24, 2.45) is 16.5 Å². The molecule has 6 heteroatoms. The van der Waals surface area contributed by atoms with Crippen LogP contribution in [-0.2, 0) is 0 Å². The third-order valence-electron chi connectivity index (χ3n) is 2.09. The number of hydrogen-bond acceptors (Lipinski definition) is 5. The van der Waals surface area contributed by atoms with E-state index < -0.39 is 5.54 Å². The van der Waals surface area contributed by atoms with Crippen LogP contribution in [0.3, 0.4) is 0 Å². The van der Waals surface area contributed by atoms with Gasteiger partial charge >= 0.3 is 0 Å². The van der Waals surface area contributed by atoms with Gasteiger partial charge in [0.15, 0.2) is 6.17 Å². The van der Waals surface area contributed by atoms with Gasteiger partial charge in [0.25, 0.3) is 0 Å². The second-order valence-electron chi connectivity index (χ2n) is 3.55. The quantitative estimate of drug-likeness (QED) is 0.622. The van der Waals surface area contributed by atoms with E-state index in [9.17, 15) is 0 Å². The predicted octanol–water partition coefficient (Wildman–Crippen LogP) is -0.579. The fraction of sp³-hybridized carbons (Fsp3) is 0.375. The van der Waals surface area contributed by atoms with E-state index in [0.717, 1.165) is 0 Å². The first-order valence-corrected chi connectivity index (χ1v) is 4.26. The Morgan fingerprint density at radius 1 is 1.57 bits per heavy atom. The summed E-state index contributed by atoms with van der Waals surface area (Å²) in [6.45, 7) is 1.85. The molecular formula is C8H12N6. The Morgan fingerprint density at radius 2 is 2.36 bits per heavy atom. The van der Waals surface area contributed by atoms with Gasteiger partial charge in [-0.05, 0) is 13.0 Å². The Hall–Kier alpha value is -1.69. The number of rotatable bonds is 1. The van der Waals surface area contributed by atoms with Gasteiger partial charge in [0.05, 0.1) is 11.7 Å². The molecule has 4 N–H and O–H groups in total. The van der Waals surface area contributed by atoms with Crippen molar-refractivity contribution in [3.05, 3.63) is 24.2 Å². The molecule has 1 aliphatic rings. The Labute approximate surface area is 81.3 Å². The maximum Gasteiger partial charge on any atom is 0.164 e. The Kier molecular flexibility index (Phi) is 1.85. The minimum Gasteiger partial charge on any atom is -0.398 e. The Balaban J connectivity index is 2.35. The minimum absolute atomic E-state index is 0.280. The topological polar surface area (TPSA) is 95.1 Å². The molecule has 0 saturated heterocycles. The van der Waals surface area contributed by atoms with Crippen molar-refractivity contribution in [2.45, 2.75) is 18.6 Å². The van der Waals surface area contributed by atoms with E-state index in [0.29, 0.717) is 5.70 Å². The Morgan fingerprint density at radius 3 is 2.93 bits per heavy atom. The number of aromatic nitrogens is 3. The standard InChI is InChI=1S/C8H12N6/c1-8(10)4-6(9)5-11-7(8)14-3-2-12-13-14/h2-5,7H,9-10H2,1H3. The number of nitrogens with zero attached hydrogens (tertiary/aromatic N) is 4. The van der Waals surface area contributed by atoms with Crippen LogP contribution >= 0.6 is 0 Å². The van der Waals surface area contributed by atoms with Gasteiger partial charge in [0.2, 0.25) is 0 Å². The SMILES string of the molecule is CC1(N)C=C(N)C=NC1n1ccnn1. The number of dihydropyridines is 1. The smallest absolute Gasteiger partial charge is 0.164 e. The fourth-order valence-corrected chi connectivity index (χ4v) is 1.49. The molecule has 2 atom stereocenters. The third-order valence-corrected chi connectivity index (χ3v) is 2.09. The summed E-state index contributed by atoms with van der Waals surface area (Å²) in [5.74, 6) is 0. The molecular weight excluding hydrogens is 180 g/mol. The lowest BCUT2D eigenvalue weighted by Gasteiger charge is -2.30. The average molecular weight is 192 g/mol. The lowest BCUT2D eigenvalue weighted by molar-refractivity contribution is 0.328. The zero-order chi connectivity index (χ0) is 10.2. The van der Waals surface area contributed by atoms with Crippen molar-refractivity contribution >= 4 is 6.21 Å². The number of aliphatic imine (C=N–C) groups is 1. The second kappa shape index (κ2) is 2.91. The molecule has 0 aromatic carbocycles. The summed E-state index contributed by atoms with van der Waals surface area (Å²) >= 11 is 0. The zero-order valence-corrected chi connectivity index (χ0v) is 7.83. The van der Waals surface area contributed by atoms with Crippen molar-refractivity contribution in [2.75, 3.05) is 0 Å². The molecule has 2 unspecified atom stereocenters. The van der Waals surface area contributed by atoms with Gasteiger partial charge in [0, 0.05) is 18.1 Å². The van der Waals surface area contributed by atoms with Crippen LogP contribution < -0.4 is 11.5 Å². The van der Waals surface area contributed by atoms with E-state index in [1.165, 1.54) is 0 Å². The first-order chi connectivity index (χ1) is 6.59. The predicted molar refractivity (Wildman–Crippen MR) is 52.4 cm³/mol. The van der Waals surface area contributed by atoms with E-state index >= 15 is 0 Å². The monoisotopic (exact) mass is 192 g/mol. The second-order valence-corrected chi connectivity index (χ2v) is 3.55. The minimum atomic E-state index is -0.632. The van der Waals surface area contributed by atoms with Gasteiger partial charge in [0.1, 0.15) is 0 Å². The summed E-state index contributed by atoms with van der Waals surface area (Å²) in [5, 5.41) is 7.58. The zero-order valence-electron chi connectivity index (χ0n) is 7.83. The number of allylic oxidation sites excluding steroid dienone is 1. The van der Waals surface area contributed by atoms with Crippen molar-refractivity contribution < 1.29 is 0 Å². The largest absolute Gasteiger partial charge is 0.398 e. The molecule has 1 aliphatic heterocycles. The molecule has 1 aromatic heterocycles. The van der Waals surface area contributed by atoms with E-state index in [1.54, 1.807) is 29.4 Å². The summed E-state index contributed by atoms with van der Waals surface area (Å²) in [4.78, 5) is 4.22. The molecule has 14 heavy (non-hydrogen) atoms. The van der Waals surface area contributed by atoms with Gasteiger partial charge in [-0.1, -0.05) is 5.21 Å². The molecule has 6 nitrogen and oxygen atoms in total. The van der Waals surface area contributed by atoms with Crippen molar-refractivity contribution in [1.82, 2.24) is 15.0 Å². The van der Waals surface area contributed by atoms with E-state index in [-0.39, 0.29) is 6.17 Å². The van der Waals surface area contributed by atoms with Crippen molar-refractivity contribution in [3.8, 4) is 0 Å². The molecule has 1 aromatic rings. The van der Waals surface area contributed by atoms with Crippen LogP contribution in [0.25, 0.3) is 0 Å². The van der Waals surface area contributed by atoms with Crippen LogP contribution in [0.2, 0.25) is 0 Å². The summed E-state index contributed by atoms with van der Waals surface area (Å²) in [7, 11) is 0. The van der Waals surface area contributed by atoms with Gasteiger partial charge in [-0.2, -0.15) is 0 Å². The molecule has 2 rings (SSSR count). The van der Waals surface area contributed by atoms with E-state index in [2.05, 4.69) is 15.3 Å². The normalized spacial score (nSPS) is 31.6. The highest BCUT2D eigenvalue weighted by atomic mass is 15.5. The first-order valence-electron chi connectivity index (χ1n) is 4.26. The molecule has 0 spiro atoms. The van der Waals surface area contributed by atoms with Crippen LogP contribution in [0.5, 0.6) is 0 Å². The number of nitrogens with two attached hydrogens (primary N) is 2. The highest BCUT2D eigenvalue weighted by Crippen LogP contribution is 2.25. The summed E-state index contributed by atoms with van der Waals surface area (Å²) < 4.78 is 1.61. The van der Waals surface area contributed by atoms with E-state index in [4.69, 9.17) is 11.5 Å². The average Bonchev–Trinajstić information content (AvgIpc) is 2.54. The summed E-state index contributed by atoms with van der Waals surface area (Å²) in [6, 6.07) is 0. The number of hydrogen-bond donors (Lipinski definition) is 2. The molecule has 0 saturated carbocycles. The summed E-state index contributed by atoms with van der Waals surface area (Å²) in [5.41, 5.74) is 11.6. The molecule has 0 aliphatic carbocycles. The van der Waals surface area contributed by atoms with Gasteiger partial charge in [-0.25, -0.2) is 4.68 Å². The maximum absolute atomic E-state index is 6.04. The lowest BCUT2D eigenvalue weighted by atomic mass is 9.96. The third kappa shape index (κ3) is 1.39. The van der Waals surface area contributed by atoms with Crippen molar-refractivity contribution in [3.63, 3.8) is 0 Å². The molecule has 0 fully saturated rings. The lowest BCUT2D eigenvalue weighted by Crippen LogP contribution is -2.45. The van der Waals surface area contributed by atoms with Crippen LogP contribution in [0.1, 0.15) is 13.1 Å². The van der Waals surface area contributed by atoms with E-state index in [1.807, 2.05) is 6.92 Å². The van der Waals surface area contributed by atoms with Gasteiger partial charge in [-0.15, -0.1) is 5.10 Å². The Bertz CT molecular complexity index is 375. The molecule has 74 valence electrons. The highest BCUT2D eigenvalue weighted by molar-refractivity contribution is 5.78. The molecule has 0 radical (unpaired) electrons. The summed E-state index contributed by atoms with van der Waals surface area (Å²) in [6.07, 6.45) is 6.39. The molecule has 2 heterocycles. The van der Waals surface area contributed by atoms with Gasteiger partial charge in [-0.3, -0.25) is 4.99 Å². The van der Waals surface area contributed by atoms with Crippen LogP contribution in [0.15, 0.2) is 29.2 Å². The van der Waals surface area contributed by atoms with Crippen LogP contribution in [-0.4, -0.2) is 26.7 Å². The van der Waals surface area contributed by atoms with Crippen molar-refractivity contribution in [1.29, 1.82) is 0 Å². The highest BCUT2D eigenvalue weighted by Gasteiger charge is 2.32. The van der Waals surface area contributed by atoms with Crippen LogP contribution in [0.4, 0.5) is 0 Å². The van der Waals surface area contributed by atoms with Gasteiger partial charge < -0.3 is 11.5 Å². The molecule has 0 amide bonds. The fourth-order valence-electron chi connectivity index (χ4n) is 1.49. The first kappa shape index (κ1) is 8.89. The maximum atomic E-state index is 6.04. The van der Waals surface area contributed by atoms with Crippen LogP contribution in [0, 0.1) is 0 Å². The molecule has 0 bridgehead atoms.